The van der Waals surface area contributed by atoms with Crippen LogP contribution in [-0.4, -0.2) is 12.1 Å². The standard InChI is InChI=1S/C16H26ClNS/c1-11-5-6-12(10-18-16(2,3)4)13(9-11)15-14(17)7-8-19-15/h7-8,11-13,18H,5-6,9-10H2,1-4H3. The van der Waals surface area contributed by atoms with Gasteiger partial charge in [-0.3, -0.25) is 0 Å². The lowest BCUT2D eigenvalue weighted by molar-refractivity contribution is 0.229. The Bertz CT molecular complexity index is 407. The van der Waals surface area contributed by atoms with Crippen LogP contribution in [0, 0.1) is 11.8 Å². The maximum Gasteiger partial charge on any atom is 0.0547 e. The van der Waals surface area contributed by atoms with Gasteiger partial charge >= 0.3 is 0 Å². The van der Waals surface area contributed by atoms with Crippen LogP contribution >= 0.6 is 22.9 Å². The van der Waals surface area contributed by atoms with Crippen molar-refractivity contribution in [3.05, 3.63) is 21.3 Å². The second kappa shape index (κ2) is 6.15. The van der Waals surface area contributed by atoms with Gasteiger partial charge in [0.05, 0.1) is 5.02 Å². The quantitative estimate of drug-likeness (QED) is 0.797. The van der Waals surface area contributed by atoms with Gasteiger partial charge in [0.2, 0.25) is 0 Å². The molecule has 0 amide bonds. The molecule has 1 heterocycles. The molecule has 0 aliphatic heterocycles. The zero-order valence-corrected chi connectivity index (χ0v) is 14.1. The van der Waals surface area contributed by atoms with Gasteiger partial charge in [-0.05, 0) is 69.4 Å². The third kappa shape index (κ3) is 4.21. The molecule has 3 heteroatoms. The van der Waals surface area contributed by atoms with Crippen molar-refractivity contribution >= 4 is 22.9 Å². The lowest BCUT2D eigenvalue weighted by atomic mass is 9.73. The van der Waals surface area contributed by atoms with Crippen LogP contribution in [0.5, 0.6) is 0 Å². The van der Waals surface area contributed by atoms with Crippen LogP contribution < -0.4 is 5.32 Å². The van der Waals surface area contributed by atoms with Crippen molar-refractivity contribution in [1.29, 1.82) is 0 Å². The van der Waals surface area contributed by atoms with E-state index in [9.17, 15) is 0 Å². The molecule has 0 bridgehead atoms. The van der Waals surface area contributed by atoms with Crippen molar-refractivity contribution in [3.63, 3.8) is 0 Å². The maximum atomic E-state index is 6.37. The van der Waals surface area contributed by atoms with Gasteiger partial charge in [0.25, 0.3) is 0 Å². The van der Waals surface area contributed by atoms with Crippen LogP contribution in [0.3, 0.4) is 0 Å². The minimum absolute atomic E-state index is 0.201. The van der Waals surface area contributed by atoms with E-state index in [4.69, 9.17) is 11.6 Å². The van der Waals surface area contributed by atoms with Gasteiger partial charge in [0.15, 0.2) is 0 Å². The molecule has 1 fully saturated rings. The van der Waals surface area contributed by atoms with Gasteiger partial charge in [-0.15, -0.1) is 11.3 Å². The monoisotopic (exact) mass is 299 g/mol. The Hall–Kier alpha value is -0.0500. The molecule has 1 nitrogen and oxygen atoms in total. The Morgan fingerprint density at radius 3 is 2.68 bits per heavy atom. The van der Waals surface area contributed by atoms with E-state index in [-0.39, 0.29) is 5.54 Å². The highest BCUT2D eigenvalue weighted by molar-refractivity contribution is 7.10. The fourth-order valence-electron chi connectivity index (χ4n) is 3.02. The lowest BCUT2D eigenvalue weighted by Gasteiger charge is -2.36. The number of hydrogen-bond donors (Lipinski definition) is 1. The third-order valence-corrected chi connectivity index (χ3v) is 5.62. The van der Waals surface area contributed by atoms with Crippen LogP contribution in [0.25, 0.3) is 0 Å². The summed E-state index contributed by atoms with van der Waals surface area (Å²) in [5.74, 6) is 2.20. The van der Waals surface area contributed by atoms with Gasteiger partial charge in [-0.2, -0.15) is 0 Å². The van der Waals surface area contributed by atoms with E-state index in [0.29, 0.717) is 5.92 Å². The van der Waals surface area contributed by atoms with Crippen molar-refractivity contribution in [1.82, 2.24) is 5.32 Å². The van der Waals surface area contributed by atoms with Crippen LogP contribution in [0.15, 0.2) is 11.4 Å². The summed E-state index contributed by atoms with van der Waals surface area (Å²) in [7, 11) is 0. The molecule has 19 heavy (non-hydrogen) atoms. The van der Waals surface area contributed by atoms with Crippen molar-refractivity contribution in [2.45, 2.75) is 58.4 Å². The molecule has 3 unspecified atom stereocenters. The largest absolute Gasteiger partial charge is 0.312 e. The Labute approximate surface area is 126 Å². The van der Waals surface area contributed by atoms with E-state index in [0.717, 1.165) is 23.4 Å². The van der Waals surface area contributed by atoms with Crippen molar-refractivity contribution in [3.8, 4) is 0 Å². The third-order valence-electron chi connectivity index (χ3n) is 4.13. The minimum atomic E-state index is 0.201. The molecule has 1 aliphatic carbocycles. The van der Waals surface area contributed by atoms with Crippen LogP contribution in [-0.2, 0) is 0 Å². The summed E-state index contributed by atoms with van der Waals surface area (Å²) in [5, 5.41) is 6.79. The fourth-order valence-corrected chi connectivity index (χ4v) is 4.42. The molecule has 0 saturated heterocycles. The SMILES string of the molecule is CC1CCC(CNC(C)(C)C)C(c2sccc2Cl)C1. The molecule has 108 valence electrons. The average Bonchev–Trinajstić information content (AvgIpc) is 2.72. The molecule has 1 N–H and O–H groups in total. The van der Waals surface area contributed by atoms with Crippen LogP contribution in [0.4, 0.5) is 0 Å². The summed E-state index contributed by atoms with van der Waals surface area (Å²) in [6.07, 6.45) is 3.97. The van der Waals surface area contributed by atoms with E-state index in [2.05, 4.69) is 44.5 Å². The number of thiophene rings is 1. The molecule has 0 aromatic carbocycles. The highest BCUT2D eigenvalue weighted by Crippen LogP contribution is 2.44. The first kappa shape index (κ1) is 15.3. The lowest BCUT2D eigenvalue weighted by Crippen LogP contribution is -2.41. The average molecular weight is 300 g/mol. The molecular formula is C16H26ClNS. The summed E-state index contributed by atoms with van der Waals surface area (Å²) in [5.41, 5.74) is 0.201. The van der Waals surface area contributed by atoms with E-state index in [1.165, 1.54) is 24.1 Å². The molecule has 0 radical (unpaired) electrons. The second-order valence-electron chi connectivity index (χ2n) is 7.05. The van der Waals surface area contributed by atoms with E-state index in [1.54, 1.807) is 0 Å². The van der Waals surface area contributed by atoms with E-state index < -0.39 is 0 Å². The summed E-state index contributed by atoms with van der Waals surface area (Å²) < 4.78 is 0. The highest BCUT2D eigenvalue weighted by Gasteiger charge is 2.32. The van der Waals surface area contributed by atoms with Gasteiger partial charge in [0, 0.05) is 10.4 Å². The Morgan fingerprint density at radius 1 is 1.37 bits per heavy atom. The summed E-state index contributed by atoms with van der Waals surface area (Å²) in [6, 6.07) is 2.05. The summed E-state index contributed by atoms with van der Waals surface area (Å²) in [6.45, 7) is 10.2. The predicted molar refractivity (Wildman–Crippen MR) is 86.3 cm³/mol. The van der Waals surface area contributed by atoms with Gasteiger partial charge in [0.1, 0.15) is 0 Å². The molecule has 3 atom stereocenters. The number of halogens is 1. The van der Waals surface area contributed by atoms with E-state index >= 15 is 0 Å². The van der Waals surface area contributed by atoms with Crippen molar-refractivity contribution in [2.75, 3.05) is 6.54 Å². The molecular weight excluding hydrogens is 274 g/mol. The van der Waals surface area contributed by atoms with Gasteiger partial charge in [-0.25, -0.2) is 0 Å². The van der Waals surface area contributed by atoms with Crippen molar-refractivity contribution < 1.29 is 0 Å². The first-order valence-electron chi connectivity index (χ1n) is 7.34. The molecule has 1 aliphatic rings. The highest BCUT2D eigenvalue weighted by atomic mass is 35.5. The normalized spacial score (nSPS) is 28.6. The van der Waals surface area contributed by atoms with Gasteiger partial charge in [-0.1, -0.05) is 24.9 Å². The Morgan fingerprint density at radius 2 is 2.11 bits per heavy atom. The smallest absolute Gasteiger partial charge is 0.0547 e. The molecule has 1 aromatic rings. The van der Waals surface area contributed by atoms with E-state index in [1.807, 2.05) is 11.3 Å². The molecule has 1 saturated carbocycles. The number of hydrogen-bond acceptors (Lipinski definition) is 2. The zero-order valence-electron chi connectivity index (χ0n) is 12.5. The first-order valence-corrected chi connectivity index (χ1v) is 8.60. The van der Waals surface area contributed by atoms with Gasteiger partial charge < -0.3 is 5.32 Å². The molecule has 2 rings (SSSR count). The second-order valence-corrected chi connectivity index (χ2v) is 8.40. The Kier molecular flexibility index (Phi) is 4.97. The first-order chi connectivity index (χ1) is 8.87. The maximum absolute atomic E-state index is 6.37. The number of rotatable bonds is 3. The Balaban J connectivity index is 2.09. The molecule has 1 aromatic heterocycles. The molecule has 0 spiro atoms. The van der Waals surface area contributed by atoms with Crippen LogP contribution in [0.1, 0.15) is 57.8 Å². The van der Waals surface area contributed by atoms with Crippen LogP contribution in [0.2, 0.25) is 5.02 Å². The summed E-state index contributed by atoms with van der Waals surface area (Å²) >= 11 is 8.20. The number of nitrogens with one attached hydrogen (secondary N) is 1. The summed E-state index contributed by atoms with van der Waals surface area (Å²) in [4.78, 5) is 1.41. The predicted octanol–water partition coefficient (Wildman–Crippen LogP) is 5.31. The zero-order chi connectivity index (χ0) is 14.0. The fraction of sp³-hybridized carbons (Fsp3) is 0.750. The topological polar surface area (TPSA) is 12.0 Å². The minimum Gasteiger partial charge on any atom is -0.312 e. The van der Waals surface area contributed by atoms with Crippen molar-refractivity contribution in [2.24, 2.45) is 11.8 Å².